The summed E-state index contributed by atoms with van der Waals surface area (Å²) in [5.41, 5.74) is 4.89. The number of benzene rings is 3. The highest BCUT2D eigenvalue weighted by Crippen LogP contribution is 2.31. The molecule has 0 spiro atoms. The third kappa shape index (κ3) is 5.49. The summed E-state index contributed by atoms with van der Waals surface area (Å²) in [7, 11) is 0. The molecule has 7 nitrogen and oxygen atoms in total. The molecule has 2 fully saturated rings. The van der Waals surface area contributed by atoms with Gasteiger partial charge in [0.2, 0.25) is 0 Å². The van der Waals surface area contributed by atoms with Gasteiger partial charge < -0.3 is 20.2 Å². The minimum Gasteiger partial charge on any atom is -0.508 e. The number of pyridine rings is 1. The first-order chi connectivity index (χ1) is 19.6. The van der Waals surface area contributed by atoms with Crippen LogP contribution in [-0.4, -0.2) is 58.0 Å². The van der Waals surface area contributed by atoms with E-state index < -0.39 is 0 Å². The van der Waals surface area contributed by atoms with Crippen molar-refractivity contribution >= 4 is 22.6 Å². The van der Waals surface area contributed by atoms with Crippen LogP contribution in [0.5, 0.6) is 5.75 Å². The van der Waals surface area contributed by atoms with Gasteiger partial charge in [-0.15, -0.1) is 0 Å². The van der Waals surface area contributed by atoms with Crippen molar-refractivity contribution in [2.45, 2.75) is 38.3 Å². The van der Waals surface area contributed by atoms with Crippen LogP contribution in [0, 0.1) is 11.3 Å². The summed E-state index contributed by atoms with van der Waals surface area (Å²) < 4.78 is 0. The lowest BCUT2D eigenvalue weighted by Gasteiger charge is -2.29. The number of fused-ring (bicyclic) bond motifs is 1. The summed E-state index contributed by atoms with van der Waals surface area (Å²) in [6, 6.07) is 24.9. The Kier molecular flexibility index (Phi) is 7.35. The van der Waals surface area contributed by atoms with Crippen molar-refractivity contribution in [2.75, 3.05) is 31.5 Å². The zero-order chi connectivity index (χ0) is 27.5. The molecule has 6 rings (SSSR count). The number of nitrogens with one attached hydrogen (secondary N) is 1. The molecule has 1 atom stereocenters. The molecule has 40 heavy (non-hydrogen) atoms. The van der Waals surface area contributed by atoms with Gasteiger partial charge in [0.05, 0.1) is 22.7 Å². The molecule has 2 aliphatic rings. The fourth-order valence-electron chi connectivity index (χ4n) is 5.98. The van der Waals surface area contributed by atoms with Gasteiger partial charge in [-0.3, -0.25) is 4.79 Å². The highest BCUT2D eigenvalue weighted by atomic mass is 16.3. The largest absolute Gasteiger partial charge is 0.508 e. The third-order valence-corrected chi connectivity index (χ3v) is 8.08. The average Bonchev–Trinajstić information content (AvgIpc) is 3.68. The van der Waals surface area contributed by atoms with Gasteiger partial charge in [-0.1, -0.05) is 30.3 Å². The van der Waals surface area contributed by atoms with Gasteiger partial charge >= 0.3 is 0 Å². The molecule has 0 aliphatic carbocycles. The van der Waals surface area contributed by atoms with Crippen molar-refractivity contribution in [1.29, 1.82) is 5.26 Å². The molecule has 2 aliphatic heterocycles. The molecule has 2 N–H and O–H groups in total. The number of anilines is 1. The molecule has 0 saturated carbocycles. The van der Waals surface area contributed by atoms with Crippen LogP contribution in [0.15, 0.2) is 72.8 Å². The molecule has 3 heterocycles. The third-order valence-electron chi connectivity index (χ3n) is 8.08. The van der Waals surface area contributed by atoms with Crippen molar-refractivity contribution < 1.29 is 9.90 Å². The second kappa shape index (κ2) is 11.4. The second-order valence-corrected chi connectivity index (χ2v) is 10.8. The zero-order valence-corrected chi connectivity index (χ0v) is 22.5. The molecular weight excluding hydrogens is 498 g/mol. The summed E-state index contributed by atoms with van der Waals surface area (Å²) in [4.78, 5) is 23.6. The Labute approximate surface area is 234 Å². The minimum atomic E-state index is 0.0477. The number of nitriles is 1. The van der Waals surface area contributed by atoms with Crippen LogP contribution in [-0.2, 0) is 6.54 Å². The molecule has 202 valence electrons. The van der Waals surface area contributed by atoms with Crippen LogP contribution in [0.3, 0.4) is 0 Å². The van der Waals surface area contributed by atoms with E-state index in [0.717, 1.165) is 66.6 Å². The quantitative estimate of drug-likeness (QED) is 0.314. The Hall–Kier alpha value is -4.41. The van der Waals surface area contributed by atoms with E-state index in [9.17, 15) is 15.2 Å². The molecular formula is C33H33N5O2. The van der Waals surface area contributed by atoms with Crippen LogP contribution >= 0.6 is 0 Å². The van der Waals surface area contributed by atoms with E-state index in [1.54, 1.807) is 12.1 Å². The smallest absolute Gasteiger partial charge is 0.254 e. The Balaban J connectivity index is 1.36. The number of likely N-dealkylation sites (tertiary alicyclic amines) is 2. The number of hydrogen-bond acceptors (Lipinski definition) is 6. The van der Waals surface area contributed by atoms with Crippen molar-refractivity contribution in [3.05, 3.63) is 89.5 Å². The van der Waals surface area contributed by atoms with Gasteiger partial charge in [0, 0.05) is 31.1 Å². The number of hydrogen-bond donors (Lipinski definition) is 2. The van der Waals surface area contributed by atoms with E-state index >= 15 is 0 Å². The first-order valence-electron chi connectivity index (χ1n) is 14.1. The van der Waals surface area contributed by atoms with Crippen LogP contribution < -0.4 is 5.32 Å². The van der Waals surface area contributed by atoms with Crippen molar-refractivity contribution in [1.82, 2.24) is 14.8 Å². The molecule has 7 heteroatoms. The molecule has 2 saturated heterocycles. The lowest BCUT2D eigenvalue weighted by molar-refractivity contribution is 0.0710. The highest BCUT2D eigenvalue weighted by Gasteiger charge is 2.32. The van der Waals surface area contributed by atoms with E-state index in [-0.39, 0.29) is 17.7 Å². The number of carbonyl (C=O) groups is 1. The van der Waals surface area contributed by atoms with E-state index in [4.69, 9.17) is 4.98 Å². The van der Waals surface area contributed by atoms with Crippen molar-refractivity contribution in [2.24, 2.45) is 0 Å². The maximum atomic E-state index is 14.2. The molecule has 0 unspecified atom stereocenters. The van der Waals surface area contributed by atoms with E-state index in [1.807, 2.05) is 60.7 Å². The number of amides is 1. The summed E-state index contributed by atoms with van der Waals surface area (Å²) in [5, 5.41) is 23.2. The Morgan fingerprint density at radius 3 is 2.55 bits per heavy atom. The number of aromatic hydroxyl groups is 1. The number of rotatable bonds is 7. The molecule has 4 aromatic rings. The molecule has 0 radical (unpaired) electrons. The van der Waals surface area contributed by atoms with E-state index in [0.29, 0.717) is 23.5 Å². The van der Waals surface area contributed by atoms with Crippen LogP contribution in [0.1, 0.15) is 47.2 Å². The van der Waals surface area contributed by atoms with Crippen molar-refractivity contribution in [3.8, 4) is 22.9 Å². The number of carbonyl (C=O) groups excluding carboxylic acids is 1. The molecule has 0 bridgehead atoms. The first kappa shape index (κ1) is 25.8. The summed E-state index contributed by atoms with van der Waals surface area (Å²) >= 11 is 0. The maximum absolute atomic E-state index is 14.2. The number of phenols is 1. The monoisotopic (exact) mass is 531 g/mol. The van der Waals surface area contributed by atoms with Crippen LogP contribution in [0.25, 0.3) is 22.0 Å². The minimum absolute atomic E-state index is 0.0477. The number of aromatic nitrogens is 1. The van der Waals surface area contributed by atoms with Crippen molar-refractivity contribution in [3.63, 3.8) is 0 Å². The lowest BCUT2D eigenvalue weighted by atomic mass is 9.99. The summed E-state index contributed by atoms with van der Waals surface area (Å²) in [6.07, 6.45) is 4.53. The van der Waals surface area contributed by atoms with E-state index in [2.05, 4.69) is 21.2 Å². The fraction of sp³-hybridized carbons (Fsp3) is 0.303. The normalized spacial score (nSPS) is 17.3. The second-order valence-electron chi connectivity index (χ2n) is 10.8. The Morgan fingerprint density at radius 2 is 1.77 bits per heavy atom. The van der Waals surface area contributed by atoms with Gasteiger partial charge in [0.15, 0.2) is 0 Å². The van der Waals surface area contributed by atoms with Gasteiger partial charge in [0.1, 0.15) is 11.6 Å². The van der Waals surface area contributed by atoms with Gasteiger partial charge in [-0.05, 0) is 97.9 Å². The fourth-order valence-corrected chi connectivity index (χ4v) is 5.98. The number of nitrogens with zero attached hydrogens (tertiary/aromatic N) is 4. The van der Waals surface area contributed by atoms with Crippen LogP contribution in [0.4, 0.5) is 5.82 Å². The lowest BCUT2D eigenvalue weighted by Crippen LogP contribution is -2.42. The van der Waals surface area contributed by atoms with E-state index in [1.165, 1.54) is 12.8 Å². The highest BCUT2D eigenvalue weighted by molar-refractivity contribution is 6.08. The van der Waals surface area contributed by atoms with Gasteiger partial charge in [0.25, 0.3) is 5.91 Å². The van der Waals surface area contributed by atoms with Crippen LogP contribution in [0.2, 0.25) is 0 Å². The zero-order valence-electron chi connectivity index (χ0n) is 22.5. The summed E-state index contributed by atoms with van der Waals surface area (Å²) in [6.45, 7) is 4.42. The Morgan fingerprint density at radius 1 is 0.975 bits per heavy atom. The standard InChI is InChI=1S/C33H33N5O2/c34-20-23-8-10-25(11-9-23)26-12-13-31-29(18-26)30(19-32(36-31)35-21-24-5-3-7-28(39)17-24)33(40)38-16-4-6-27(38)22-37-14-1-2-15-37/h3,5,7-13,17-19,27,39H,1-2,4,6,14-16,21-22H2,(H,35,36)/t27-/m0/s1. The predicted molar refractivity (Wildman–Crippen MR) is 157 cm³/mol. The molecule has 3 aromatic carbocycles. The Bertz CT molecular complexity index is 1570. The average molecular weight is 532 g/mol. The molecule has 1 amide bonds. The predicted octanol–water partition coefficient (Wildman–Crippen LogP) is 5.79. The molecule has 1 aromatic heterocycles. The number of phenolic OH excluding ortho intramolecular Hbond substituents is 1. The first-order valence-corrected chi connectivity index (χ1v) is 14.1. The SMILES string of the molecule is N#Cc1ccc(-c2ccc3nc(NCc4cccc(O)c4)cc(C(=O)N4CCC[C@H]4CN4CCCC4)c3c2)cc1. The topological polar surface area (TPSA) is 92.5 Å². The van der Waals surface area contributed by atoms with Gasteiger partial charge in [-0.25, -0.2) is 4.98 Å². The maximum Gasteiger partial charge on any atom is 0.254 e. The van der Waals surface area contributed by atoms with Gasteiger partial charge in [-0.2, -0.15) is 5.26 Å². The summed E-state index contributed by atoms with van der Waals surface area (Å²) in [5.74, 6) is 0.891.